The Kier molecular flexibility index (Phi) is 5.43. The van der Waals surface area contributed by atoms with Crippen molar-refractivity contribution in [1.29, 1.82) is 0 Å². The summed E-state index contributed by atoms with van der Waals surface area (Å²) < 4.78 is 43.5. The number of aryl methyl sites for hydroxylation is 1. The zero-order valence-electron chi connectivity index (χ0n) is 20.4. The van der Waals surface area contributed by atoms with Crippen molar-refractivity contribution in [3.05, 3.63) is 81.5 Å². The highest BCUT2D eigenvalue weighted by atomic mass is 19.4. The molecule has 4 heterocycles. The van der Waals surface area contributed by atoms with E-state index in [1.807, 2.05) is 12.1 Å². The monoisotopic (exact) mass is 506 g/mol. The fourth-order valence-electron chi connectivity index (χ4n) is 4.75. The predicted molar refractivity (Wildman–Crippen MR) is 133 cm³/mol. The molecule has 0 saturated heterocycles. The molecular weight excluding hydrogens is 481 g/mol. The third-order valence-electron chi connectivity index (χ3n) is 6.99. The van der Waals surface area contributed by atoms with Crippen molar-refractivity contribution in [3.63, 3.8) is 0 Å². The normalized spacial score (nSPS) is 16.6. The summed E-state index contributed by atoms with van der Waals surface area (Å²) in [4.78, 5) is 26.9. The molecule has 37 heavy (non-hydrogen) atoms. The summed E-state index contributed by atoms with van der Waals surface area (Å²) in [6.45, 7) is 3.17. The van der Waals surface area contributed by atoms with Crippen LogP contribution in [0.3, 0.4) is 0 Å². The van der Waals surface area contributed by atoms with Crippen LogP contribution in [-0.4, -0.2) is 25.6 Å². The van der Waals surface area contributed by atoms with Crippen molar-refractivity contribution in [2.75, 3.05) is 11.9 Å². The average Bonchev–Trinajstić information content (AvgIpc) is 3.60. The van der Waals surface area contributed by atoms with Gasteiger partial charge in [0.15, 0.2) is 5.49 Å². The third kappa shape index (κ3) is 4.30. The molecule has 1 N–H and O–H groups in total. The maximum absolute atomic E-state index is 13.3. The molecule has 190 valence electrons. The number of nitrogens with zero attached hydrogens (tertiary/aromatic N) is 5. The predicted octanol–water partition coefficient (Wildman–Crippen LogP) is 4.73. The van der Waals surface area contributed by atoms with Gasteiger partial charge in [0.05, 0.1) is 17.2 Å². The molecule has 1 fully saturated rings. The number of fused-ring (bicyclic) bond motifs is 3. The summed E-state index contributed by atoms with van der Waals surface area (Å²) >= 11 is 0. The maximum atomic E-state index is 13.3. The standard InChI is InChI=1S/C27H25F3N6O/c1-15(17-4-3-5-19(12-17)27(28,29)30)32-24-21-14-20(18-8-10-35(2)22(37)13-18)25-31-9-11-36(25)26(21)34-23(33-24)16-6-7-16/h3-5,8,10,12-16,31H,6-7,9,11H2,1-2H3/t15-/m1/s1. The minimum atomic E-state index is -4.43. The van der Waals surface area contributed by atoms with Crippen LogP contribution in [0.25, 0.3) is 22.5 Å². The molecule has 2 aromatic rings. The second-order valence-corrected chi connectivity index (χ2v) is 9.69. The Morgan fingerprint density at radius 3 is 2.65 bits per heavy atom. The molecule has 1 aromatic heterocycles. The highest BCUT2D eigenvalue weighted by Gasteiger charge is 2.32. The fraction of sp³-hybridized carbons (Fsp3) is 0.333. The molecule has 0 amide bonds. The van der Waals surface area contributed by atoms with Crippen molar-refractivity contribution < 1.29 is 13.2 Å². The van der Waals surface area contributed by atoms with Gasteiger partial charge in [-0.3, -0.25) is 9.79 Å². The molecule has 6 rings (SSSR count). The number of rotatable bonds is 4. The second-order valence-electron chi connectivity index (χ2n) is 9.69. The smallest absolute Gasteiger partial charge is 0.369 e. The molecule has 10 heteroatoms. The van der Waals surface area contributed by atoms with Crippen molar-refractivity contribution in [3.8, 4) is 22.5 Å². The number of hydrogen-bond acceptors (Lipinski definition) is 5. The van der Waals surface area contributed by atoms with Crippen LogP contribution in [0.4, 0.5) is 19.0 Å². The molecule has 0 radical (unpaired) electrons. The summed E-state index contributed by atoms with van der Waals surface area (Å²) in [7, 11) is 1.70. The maximum Gasteiger partial charge on any atom is 0.416 e. The summed E-state index contributed by atoms with van der Waals surface area (Å²) in [5.74, 6) is 2.59. The van der Waals surface area contributed by atoms with E-state index in [1.165, 1.54) is 10.6 Å². The largest absolute Gasteiger partial charge is 0.416 e. The van der Waals surface area contributed by atoms with E-state index in [0.717, 1.165) is 47.7 Å². The quantitative estimate of drug-likeness (QED) is 0.434. The van der Waals surface area contributed by atoms with Gasteiger partial charge in [0.2, 0.25) is 0 Å². The lowest BCUT2D eigenvalue weighted by Crippen LogP contribution is -2.22. The summed E-state index contributed by atoms with van der Waals surface area (Å²) in [6.07, 6.45) is -0.695. The first-order valence-corrected chi connectivity index (χ1v) is 12.3. The first-order valence-electron chi connectivity index (χ1n) is 12.3. The Bertz CT molecular complexity index is 1620. The molecule has 1 saturated carbocycles. The molecule has 1 atom stereocenters. The van der Waals surface area contributed by atoms with Gasteiger partial charge < -0.3 is 14.5 Å². The van der Waals surface area contributed by atoms with E-state index in [4.69, 9.17) is 15.0 Å². The van der Waals surface area contributed by atoms with Gasteiger partial charge in [0, 0.05) is 43.9 Å². The van der Waals surface area contributed by atoms with Crippen molar-refractivity contribution in [2.45, 2.75) is 44.4 Å². The first kappa shape index (κ1) is 23.4. The number of halogens is 3. The SMILES string of the molecule is C[C@@H](N=c1nc(C2CC2)nc2n3c(c(-c4ccn(C)c(=O)c4)cc1-2)NCC3)c1cccc(C(F)(F)F)c1. The Labute approximate surface area is 210 Å². The number of nitrogens with one attached hydrogen (secondary N) is 1. The Morgan fingerprint density at radius 2 is 1.92 bits per heavy atom. The molecule has 4 aliphatic rings. The molecule has 7 nitrogen and oxygen atoms in total. The molecule has 1 aromatic carbocycles. The van der Waals surface area contributed by atoms with Gasteiger partial charge in [-0.05, 0) is 55.2 Å². The van der Waals surface area contributed by atoms with E-state index < -0.39 is 17.8 Å². The molecule has 3 aliphatic heterocycles. The summed E-state index contributed by atoms with van der Waals surface area (Å²) in [6, 6.07) is 10.1. The number of hydrogen-bond donors (Lipinski definition) is 1. The van der Waals surface area contributed by atoms with Gasteiger partial charge in [-0.25, -0.2) is 9.97 Å². The summed E-state index contributed by atoms with van der Waals surface area (Å²) in [5.41, 5.74) is 2.36. The van der Waals surface area contributed by atoms with Crippen LogP contribution in [0, 0.1) is 0 Å². The lowest BCUT2D eigenvalue weighted by molar-refractivity contribution is -0.137. The van der Waals surface area contributed by atoms with E-state index >= 15 is 0 Å². The topological polar surface area (TPSA) is 77.1 Å². The Morgan fingerprint density at radius 1 is 1.11 bits per heavy atom. The minimum absolute atomic E-state index is 0.127. The third-order valence-corrected chi connectivity index (χ3v) is 6.99. The van der Waals surface area contributed by atoms with Gasteiger partial charge in [-0.1, -0.05) is 12.1 Å². The number of pyridine rings is 2. The number of alkyl halides is 3. The van der Waals surface area contributed by atoms with Crippen LogP contribution in [0.1, 0.15) is 48.7 Å². The highest BCUT2D eigenvalue weighted by molar-refractivity contribution is 5.82. The van der Waals surface area contributed by atoms with Gasteiger partial charge in [-0.15, -0.1) is 0 Å². The minimum Gasteiger partial charge on any atom is -0.369 e. The van der Waals surface area contributed by atoms with E-state index in [0.29, 0.717) is 35.5 Å². The second kappa shape index (κ2) is 8.57. The van der Waals surface area contributed by atoms with Crippen LogP contribution in [0.15, 0.2) is 58.4 Å². The van der Waals surface area contributed by atoms with Crippen LogP contribution in [0.5, 0.6) is 0 Å². The zero-order valence-corrected chi connectivity index (χ0v) is 20.4. The van der Waals surface area contributed by atoms with Gasteiger partial charge >= 0.3 is 6.18 Å². The van der Waals surface area contributed by atoms with E-state index in [9.17, 15) is 18.0 Å². The van der Waals surface area contributed by atoms with E-state index in [-0.39, 0.29) is 11.5 Å². The van der Waals surface area contributed by atoms with E-state index in [1.54, 1.807) is 32.3 Å². The first-order chi connectivity index (χ1) is 17.7. The molecular formula is C27H25F3N6O. The van der Waals surface area contributed by atoms with Crippen LogP contribution >= 0.6 is 0 Å². The zero-order chi connectivity index (χ0) is 25.9. The fourth-order valence-corrected chi connectivity index (χ4v) is 4.75. The van der Waals surface area contributed by atoms with Gasteiger partial charge in [-0.2, -0.15) is 13.2 Å². The number of benzene rings is 1. The highest BCUT2D eigenvalue weighted by Crippen LogP contribution is 2.40. The van der Waals surface area contributed by atoms with Gasteiger partial charge in [0.25, 0.3) is 5.56 Å². The lowest BCUT2D eigenvalue weighted by Gasteiger charge is -2.19. The van der Waals surface area contributed by atoms with Crippen molar-refractivity contribution in [1.82, 2.24) is 19.1 Å². The molecule has 0 bridgehead atoms. The lowest BCUT2D eigenvalue weighted by atomic mass is 10.0. The Balaban J connectivity index is 1.57. The molecule has 0 unspecified atom stereocenters. The number of anilines is 1. The van der Waals surface area contributed by atoms with Crippen LogP contribution in [0.2, 0.25) is 0 Å². The van der Waals surface area contributed by atoms with Crippen LogP contribution in [-0.2, 0) is 19.8 Å². The van der Waals surface area contributed by atoms with Crippen molar-refractivity contribution >= 4 is 5.82 Å². The summed E-state index contributed by atoms with van der Waals surface area (Å²) in [5, 5.41) is 3.42. The van der Waals surface area contributed by atoms with E-state index in [2.05, 4.69) is 9.88 Å². The molecule has 1 aliphatic carbocycles. The van der Waals surface area contributed by atoms with Crippen molar-refractivity contribution in [2.24, 2.45) is 12.0 Å². The van der Waals surface area contributed by atoms with Crippen LogP contribution < -0.4 is 16.4 Å². The molecule has 0 spiro atoms. The Hall–Kier alpha value is -3.95. The average molecular weight is 507 g/mol. The van der Waals surface area contributed by atoms with Gasteiger partial charge in [0.1, 0.15) is 17.5 Å². The number of aromatic nitrogens is 4.